The molecule has 1 aliphatic rings. The van der Waals surface area contributed by atoms with Crippen molar-refractivity contribution in [3.8, 4) is 0 Å². The Balaban J connectivity index is 1.92. The zero-order valence-corrected chi connectivity index (χ0v) is 12.8. The van der Waals surface area contributed by atoms with Crippen molar-refractivity contribution < 1.29 is 18.1 Å². The van der Waals surface area contributed by atoms with Crippen LogP contribution in [0.15, 0.2) is 23.1 Å². The molecule has 0 aromatic heterocycles. The summed E-state index contributed by atoms with van der Waals surface area (Å²) in [7, 11) is -4.04. The van der Waals surface area contributed by atoms with Gasteiger partial charge >= 0.3 is 0 Å². The number of benzene rings is 1. The van der Waals surface area contributed by atoms with Crippen LogP contribution in [0.3, 0.4) is 0 Å². The van der Waals surface area contributed by atoms with Crippen molar-refractivity contribution in [2.75, 3.05) is 25.1 Å². The van der Waals surface area contributed by atoms with E-state index >= 15 is 0 Å². The fourth-order valence-corrected chi connectivity index (χ4v) is 2.67. The van der Waals surface area contributed by atoms with Crippen LogP contribution in [0.1, 0.15) is 19.3 Å². The van der Waals surface area contributed by atoms with E-state index in [4.69, 9.17) is 9.88 Å². The quantitative estimate of drug-likeness (QED) is 0.401. The van der Waals surface area contributed by atoms with Gasteiger partial charge in [-0.1, -0.05) is 0 Å². The van der Waals surface area contributed by atoms with Crippen LogP contribution in [0, 0.1) is 16.0 Å². The van der Waals surface area contributed by atoms with E-state index in [1.54, 1.807) is 0 Å². The summed E-state index contributed by atoms with van der Waals surface area (Å²) < 4.78 is 28.5. The van der Waals surface area contributed by atoms with Crippen LogP contribution in [0.4, 0.5) is 11.4 Å². The Morgan fingerprint density at radius 1 is 1.41 bits per heavy atom. The summed E-state index contributed by atoms with van der Waals surface area (Å²) >= 11 is 0. The van der Waals surface area contributed by atoms with Crippen LogP contribution < -0.4 is 10.5 Å². The van der Waals surface area contributed by atoms with Crippen LogP contribution in [0.2, 0.25) is 0 Å². The van der Waals surface area contributed by atoms with E-state index in [0.29, 0.717) is 25.5 Å². The highest BCUT2D eigenvalue weighted by Gasteiger charge is 2.21. The lowest BCUT2D eigenvalue weighted by molar-refractivity contribution is -0.385. The number of ether oxygens (including phenoxy) is 1. The molecule has 8 nitrogen and oxygen atoms in total. The zero-order valence-electron chi connectivity index (χ0n) is 12.0. The first-order valence-corrected chi connectivity index (χ1v) is 8.55. The number of primary sulfonamides is 1. The SMILES string of the molecule is NS(=O)(=O)c1cc([N+](=O)[O-])ccc1NCCCOCC1CC1. The van der Waals surface area contributed by atoms with Crippen LogP contribution in [0.25, 0.3) is 0 Å². The molecule has 122 valence electrons. The van der Waals surface area contributed by atoms with Gasteiger partial charge in [0, 0.05) is 31.9 Å². The first-order valence-electron chi connectivity index (χ1n) is 7.01. The Hall–Kier alpha value is -1.71. The number of nitrogens with zero attached hydrogens (tertiary/aromatic N) is 1. The molecule has 0 heterocycles. The first-order chi connectivity index (χ1) is 10.4. The lowest BCUT2D eigenvalue weighted by atomic mass is 10.2. The van der Waals surface area contributed by atoms with Crippen LogP contribution in [-0.2, 0) is 14.8 Å². The third-order valence-corrected chi connectivity index (χ3v) is 4.26. The average molecular weight is 329 g/mol. The smallest absolute Gasteiger partial charge is 0.270 e. The van der Waals surface area contributed by atoms with Crippen molar-refractivity contribution in [3.63, 3.8) is 0 Å². The minimum absolute atomic E-state index is 0.260. The van der Waals surface area contributed by atoms with E-state index in [0.717, 1.165) is 12.7 Å². The number of hydrogen-bond acceptors (Lipinski definition) is 6. The van der Waals surface area contributed by atoms with Crippen molar-refractivity contribution in [1.82, 2.24) is 0 Å². The van der Waals surface area contributed by atoms with E-state index in [1.807, 2.05) is 0 Å². The third kappa shape index (κ3) is 4.93. The minimum atomic E-state index is -4.04. The molecule has 1 aromatic rings. The lowest BCUT2D eigenvalue weighted by Crippen LogP contribution is -2.16. The van der Waals surface area contributed by atoms with Gasteiger partial charge in [0.25, 0.3) is 5.69 Å². The number of nitro benzene ring substituents is 1. The molecule has 0 spiro atoms. The highest BCUT2D eigenvalue weighted by molar-refractivity contribution is 7.89. The van der Waals surface area contributed by atoms with Gasteiger partial charge in [0.1, 0.15) is 4.90 Å². The number of nitrogens with two attached hydrogens (primary N) is 1. The molecule has 2 rings (SSSR count). The third-order valence-electron chi connectivity index (χ3n) is 3.31. The molecule has 22 heavy (non-hydrogen) atoms. The van der Waals surface area contributed by atoms with E-state index in [-0.39, 0.29) is 16.3 Å². The van der Waals surface area contributed by atoms with Gasteiger partial charge in [-0.25, -0.2) is 13.6 Å². The fraction of sp³-hybridized carbons (Fsp3) is 0.538. The molecule has 1 saturated carbocycles. The summed E-state index contributed by atoms with van der Waals surface area (Å²) in [5.74, 6) is 0.705. The summed E-state index contributed by atoms with van der Waals surface area (Å²) in [6.07, 6.45) is 3.17. The number of hydrogen-bond donors (Lipinski definition) is 2. The zero-order chi connectivity index (χ0) is 16.2. The lowest BCUT2D eigenvalue weighted by Gasteiger charge is -2.10. The van der Waals surface area contributed by atoms with E-state index in [2.05, 4.69) is 5.32 Å². The molecule has 0 radical (unpaired) electrons. The summed E-state index contributed by atoms with van der Waals surface area (Å²) in [5, 5.41) is 18.7. The maximum atomic E-state index is 11.5. The fourth-order valence-electron chi connectivity index (χ4n) is 1.94. The van der Waals surface area contributed by atoms with Crippen molar-refractivity contribution in [3.05, 3.63) is 28.3 Å². The molecule has 0 saturated heterocycles. The van der Waals surface area contributed by atoms with Crippen molar-refractivity contribution in [2.45, 2.75) is 24.2 Å². The van der Waals surface area contributed by atoms with Gasteiger partial charge in [0.05, 0.1) is 10.6 Å². The van der Waals surface area contributed by atoms with E-state index in [9.17, 15) is 18.5 Å². The highest BCUT2D eigenvalue weighted by atomic mass is 32.2. The van der Waals surface area contributed by atoms with Crippen LogP contribution >= 0.6 is 0 Å². The summed E-state index contributed by atoms with van der Waals surface area (Å²) in [6, 6.07) is 3.55. The van der Waals surface area contributed by atoms with Gasteiger partial charge in [0.2, 0.25) is 10.0 Å². The second-order valence-corrected chi connectivity index (χ2v) is 6.81. The number of anilines is 1. The first kappa shape index (κ1) is 16.7. The summed E-state index contributed by atoms with van der Waals surface area (Å²) in [6.45, 7) is 1.85. The van der Waals surface area contributed by atoms with E-state index in [1.165, 1.54) is 25.0 Å². The Kier molecular flexibility index (Phi) is 5.33. The van der Waals surface area contributed by atoms with Gasteiger partial charge in [-0.05, 0) is 31.2 Å². The minimum Gasteiger partial charge on any atom is -0.384 e. The average Bonchev–Trinajstić information content (AvgIpc) is 3.25. The molecular formula is C13H19N3O5S. The second-order valence-electron chi connectivity index (χ2n) is 5.28. The maximum absolute atomic E-state index is 11.5. The van der Waals surface area contributed by atoms with Gasteiger partial charge in [-0.15, -0.1) is 0 Å². The molecule has 3 N–H and O–H groups in total. The molecule has 0 bridgehead atoms. The topological polar surface area (TPSA) is 125 Å². The van der Waals surface area contributed by atoms with Gasteiger partial charge in [0.15, 0.2) is 0 Å². The number of rotatable bonds is 9. The molecule has 9 heteroatoms. The Labute approximate surface area is 128 Å². The largest absolute Gasteiger partial charge is 0.384 e. The number of nitro groups is 1. The Morgan fingerprint density at radius 2 is 2.14 bits per heavy atom. The maximum Gasteiger partial charge on any atom is 0.270 e. The predicted octanol–water partition coefficient (Wildman–Crippen LogP) is 1.47. The number of nitrogens with one attached hydrogen (secondary N) is 1. The molecule has 1 aliphatic carbocycles. The molecule has 1 fully saturated rings. The molecule has 0 amide bonds. The Morgan fingerprint density at radius 3 is 2.73 bits per heavy atom. The monoisotopic (exact) mass is 329 g/mol. The normalized spacial score (nSPS) is 14.8. The van der Waals surface area contributed by atoms with Crippen molar-refractivity contribution in [2.24, 2.45) is 11.1 Å². The second kappa shape index (κ2) is 7.03. The van der Waals surface area contributed by atoms with Gasteiger partial charge < -0.3 is 10.1 Å². The predicted molar refractivity (Wildman–Crippen MR) is 81.1 cm³/mol. The molecule has 0 unspecified atom stereocenters. The number of non-ortho nitro benzene ring substituents is 1. The van der Waals surface area contributed by atoms with Crippen molar-refractivity contribution in [1.29, 1.82) is 0 Å². The summed E-state index contributed by atoms with van der Waals surface area (Å²) in [4.78, 5) is 9.78. The standard InChI is InChI=1S/C13H19N3O5S/c14-22(19,20)13-8-11(16(17)18)4-5-12(13)15-6-1-7-21-9-10-2-3-10/h4-5,8,10,15H,1-3,6-7,9H2,(H2,14,19,20). The number of sulfonamides is 1. The molecular weight excluding hydrogens is 310 g/mol. The van der Waals surface area contributed by atoms with Crippen molar-refractivity contribution >= 4 is 21.4 Å². The highest BCUT2D eigenvalue weighted by Crippen LogP contribution is 2.28. The van der Waals surface area contributed by atoms with Crippen LogP contribution in [-0.4, -0.2) is 33.1 Å². The molecule has 0 atom stereocenters. The van der Waals surface area contributed by atoms with Gasteiger partial charge in [-0.3, -0.25) is 10.1 Å². The van der Waals surface area contributed by atoms with Gasteiger partial charge in [-0.2, -0.15) is 0 Å². The summed E-state index contributed by atoms with van der Waals surface area (Å²) in [5.41, 5.74) is -0.0577. The molecule has 1 aromatic carbocycles. The Bertz CT molecular complexity index is 643. The van der Waals surface area contributed by atoms with E-state index < -0.39 is 14.9 Å². The molecule has 0 aliphatic heterocycles. The van der Waals surface area contributed by atoms with Crippen LogP contribution in [0.5, 0.6) is 0 Å².